The lowest BCUT2D eigenvalue weighted by Crippen LogP contribution is -2.36. The number of aromatic amines is 1. The molecule has 0 saturated carbocycles. The fraction of sp³-hybridized carbons (Fsp3) is 0.333. The monoisotopic (exact) mass is 396 g/mol. The minimum atomic E-state index is -0.263. The Kier molecular flexibility index (Phi) is 5.54. The maximum atomic E-state index is 12.6. The first-order valence-corrected chi connectivity index (χ1v) is 10.3. The molecule has 2 aromatic carbocycles. The number of H-pyrrole nitrogens is 1. The lowest BCUT2D eigenvalue weighted by atomic mass is 10.2. The molecule has 2 heterocycles. The molecule has 1 aliphatic rings. The summed E-state index contributed by atoms with van der Waals surface area (Å²) in [4.78, 5) is 22.7. The molecule has 1 fully saturated rings. The average Bonchev–Trinajstić information content (AvgIpc) is 3.10. The summed E-state index contributed by atoms with van der Waals surface area (Å²) in [6.07, 6.45) is 0. The van der Waals surface area contributed by atoms with E-state index in [0.717, 1.165) is 53.9 Å². The molecule has 1 aromatic heterocycles. The molecule has 1 saturated heterocycles. The van der Waals surface area contributed by atoms with Gasteiger partial charge in [-0.25, -0.2) is 4.98 Å². The first kappa shape index (κ1) is 18.8. The summed E-state index contributed by atoms with van der Waals surface area (Å²) in [5, 5.41) is 3.48. The van der Waals surface area contributed by atoms with Crippen LogP contribution in [0.4, 0.5) is 11.4 Å². The summed E-state index contributed by atoms with van der Waals surface area (Å²) < 4.78 is 5.39. The van der Waals surface area contributed by atoms with Gasteiger partial charge < -0.3 is 19.9 Å². The number of ether oxygens (including phenoxy) is 1. The Morgan fingerprint density at radius 2 is 1.96 bits per heavy atom. The van der Waals surface area contributed by atoms with Gasteiger partial charge in [0.25, 0.3) is 0 Å². The molecule has 0 unspecified atom stereocenters. The number of aromatic nitrogens is 2. The van der Waals surface area contributed by atoms with Gasteiger partial charge in [-0.15, -0.1) is 0 Å². The van der Waals surface area contributed by atoms with Crippen molar-refractivity contribution >= 4 is 40.1 Å². The van der Waals surface area contributed by atoms with Crippen molar-refractivity contribution in [3.05, 3.63) is 48.0 Å². The minimum absolute atomic E-state index is 0.0410. The summed E-state index contributed by atoms with van der Waals surface area (Å²) in [6, 6.07) is 14.1. The van der Waals surface area contributed by atoms with Crippen LogP contribution in [0.1, 0.15) is 12.5 Å². The van der Waals surface area contributed by atoms with E-state index in [1.165, 1.54) is 17.3 Å². The van der Waals surface area contributed by atoms with Crippen molar-refractivity contribution in [2.75, 3.05) is 36.5 Å². The minimum Gasteiger partial charge on any atom is -0.378 e. The Morgan fingerprint density at radius 3 is 2.71 bits per heavy atom. The molecule has 6 nitrogen and oxygen atoms in total. The number of amides is 1. The predicted molar refractivity (Wildman–Crippen MR) is 114 cm³/mol. The highest BCUT2D eigenvalue weighted by Crippen LogP contribution is 2.25. The number of thioether (sulfide) groups is 1. The van der Waals surface area contributed by atoms with Crippen molar-refractivity contribution in [2.45, 2.75) is 24.3 Å². The number of imidazole rings is 1. The van der Waals surface area contributed by atoms with E-state index in [0.29, 0.717) is 0 Å². The van der Waals surface area contributed by atoms with Gasteiger partial charge in [-0.1, -0.05) is 17.8 Å². The van der Waals surface area contributed by atoms with Gasteiger partial charge in [0.2, 0.25) is 5.91 Å². The highest BCUT2D eigenvalue weighted by Gasteiger charge is 2.17. The van der Waals surface area contributed by atoms with Gasteiger partial charge in [-0.3, -0.25) is 4.79 Å². The standard InChI is InChI=1S/C21H24N4O2S/c1-14-3-8-18-19(13-14)24-21(23-18)28-15(2)20(26)22-16-4-6-17(7-5-16)25-9-11-27-12-10-25/h3-8,13,15H,9-12H2,1-2H3,(H,22,26)(H,23,24)/t15-/m0/s1. The van der Waals surface area contributed by atoms with Crippen LogP contribution in [0.3, 0.4) is 0 Å². The number of carbonyl (C=O) groups excluding carboxylic acids is 1. The topological polar surface area (TPSA) is 70.2 Å². The Morgan fingerprint density at radius 1 is 1.21 bits per heavy atom. The van der Waals surface area contributed by atoms with Crippen LogP contribution in [0.2, 0.25) is 0 Å². The third kappa shape index (κ3) is 4.31. The lowest BCUT2D eigenvalue weighted by Gasteiger charge is -2.28. The molecule has 0 spiro atoms. The molecule has 1 aliphatic heterocycles. The van der Waals surface area contributed by atoms with Crippen LogP contribution < -0.4 is 10.2 Å². The van der Waals surface area contributed by atoms with Crippen molar-refractivity contribution in [3.8, 4) is 0 Å². The van der Waals surface area contributed by atoms with E-state index in [1.807, 2.05) is 50.2 Å². The number of aryl methyl sites for hydroxylation is 1. The number of morpholine rings is 1. The highest BCUT2D eigenvalue weighted by molar-refractivity contribution is 8.00. The zero-order valence-corrected chi connectivity index (χ0v) is 16.9. The van der Waals surface area contributed by atoms with Crippen molar-refractivity contribution < 1.29 is 9.53 Å². The first-order valence-electron chi connectivity index (χ1n) is 9.45. The molecular formula is C21H24N4O2S. The van der Waals surface area contributed by atoms with Crippen LogP contribution in [0.25, 0.3) is 11.0 Å². The fourth-order valence-electron chi connectivity index (χ4n) is 3.20. The predicted octanol–water partition coefficient (Wildman–Crippen LogP) is 3.83. The van der Waals surface area contributed by atoms with Crippen LogP contribution >= 0.6 is 11.8 Å². The smallest absolute Gasteiger partial charge is 0.237 e. The Bertz CT molecular complexity index is 964. The SMILES string of the molecule is Cc1ccc2nc(S[C@@H](C)C(=O)Nc3ccc(N4CCOCC4)cc3)[nH]c2c1. The second-order valence-corrected chi connectivity index (χ2v) is 8.29. The number of benzene rings is 2. The fourth-order valence-corrected chi connectivity index (χ4v) is 4.02. The molecule has 7 heteroatoms. The van der Waals surface area contributed by atoms with Gasteiger partial charge in [0.05, 0.1) is 29.5 Å². The number of anilines is 2. The molecule has 0 aliphatic carbocycles. The van der Waals surface area contributed by atoms with Gasteiger partial charge in [0.15, 0.2) is 5.16 Å². The van der Waals surface area contributed by atoms with E-state index < -0.39 is 0 Å². The van der Waals surface area contributed by atoms with Crippen molar-refractivity contribution in [2.24, 2.45) is 0 Å². The highest BCUT2D eigenvalue weighted by atomic mass is 32.2. The van der Waals surface area contributed by atoms with Crippen LogP contribution in [0.5, 0.6) is 0 Å². The van der Waals surface area contributed by atoms with Gasteiger partial charge in [0.1, 0.15) is 0 Å². The van der Waals surface area contributed by atoms with Gasteiger partial charge >= 0.3 is 0 Å². The number of carbonyl (C=O) groups is 1. The molecule has 1 amide bonds. The Balaban J connectivity index is 1.36. The molecule has 146 valence electrons. The van der Waals surface area contributed by atoms with E-state index >= 15 is 0 Å². The molecule has 3 aromatic rings. The number of nitrogens with one attached hydrogen (secondary N) is 2. The van der Waals surface area contributed by atoms with Crippen molar-refractivity contribution in [1.82, 2.24) is 9.97 Å². The Labute approximate surface area is 168 Å². The second-order valence-electron chi connectivity index (χ2n) is 6.96. The summed E-state index contributed by atoms with van der Waals surface area (Å²) in [5.41, 5.74) is 5.04. The quantitative estimate of drug-likeness (QED) is 0.642. The zero-order valence-electron chi connectivity index (χ0n) is 16.1. The lowest BCUT2D eigenvalue weighted by molar-refractivity contribution is -0.115. The number of fused-ring (bicyclic) bond motifs is 1. The maximum absolute atomic E-state index is 12.6. The summed E-state index contributed by atoms with van der Waals surface area (Å²) >= 11 is 1.43. The van der Waals surface area contributed by atoms with Crippen LogP contribution in [-0.4, -0.2) is 47.4 Å². The van der Waals surface area contributed by atoms with Gasteiger partial charge in [0, 0.05) is 24.5 Å². The van der Waals surface area contributed by atoms with Crippen molar-refractivity contribution in [1.29, 1.82) is 0 Å². The van der Waals surface area contributed by atoms with Gasteiger partial charge in [-0.05, 0) is 55.8 Å². The molecule has 4 rings (SSSR count). The molecule has 0 radical (unpaired) electrons. The summed E-state index contributed by atoms with van der Waals surface area (Å²) in [6.45, 7) is 7.25. The number of hydrogen-bond acceptors (Lipinski definition) is 5. The molecule has 1 atom stereocenters. The zero-order chi connectivity index (χ0) is 19.5. The average molecular weight is 397 g/mol. The van der Waals surface area contributed by atoms with E-state index in [4.69, 9.17) is 4.74 Å². The third-order valence-corrected chi connectivity index (χ3v) is 5.77. The van der Waals surface area contributed by atoms with Crippen LogP contribution in [0, 0.1) is 6.92 Å². The largest absolute Gasteiger partial charge is 0.378 e. The molecule has 0 bridgehead atoms. The molecular weight excluding hydrogens is 372 g/mol. The van der Waals surface area contributed by atoms with E-state index in [2.05, 4.69) is 26.3 Å². The molecule has 2 N–H and O–H groups in total. The van der Waals surface area contributed by atoms with E-state index in [1.54, 1.807) is 0 Å². The summed E-state index contributed by atoms with van der Waals surface area (Å²) in [7, 11) is 0. The first-order chi connectivity index (χ1) is 13.6. The number of hydrogen-bond donors (Lipinski definition) is 2. The summed E-state index contributed by atoms with van der Waals surface area (Å²) in [5.74, 6) is -0.0410. The molecule has 28 heavy (non-hydrogen) atoms. The normalized spacial score (nSPS) is 15.6. The third-order valence-electron chi connectivity index (χ3n) is 4.78. The second kappa shape index (κ2) is 8.24. The number of rotatable bonds is 5. The van der Waals surface area contributed by atoms with E-state index in [-0.39, 0.29) is 11.2 Å². The van der Waals surface area contributed by atoms with E-state index in [9.17, 15) is 4.79 Å². The Hall–Kier alpha value is -2.51. The maximum Gasteiger partial charge on any atom is 0.237 e. The van der Waals surface area contributed by atoms with Crippen LogP contribution in [-0.2, 0) is 9.53 Å². The van der Waals surface area contributed by atoms with Crippen molar-refractivity contribution in [3.63, 3.8) is 0 Å². The number of nitrogens with zero attached hydrogens (tertiary/aromatic N) is 2. The van der Waals surface area contributed by atoms with Crippen LogP contribution in [0.15, 0.2) is 47.6 Å². The van der Waals surface area contributed by atoms with Gasteiger partial charge in [-0.2, -0.15) is 0 Å².